The van der Waals surface area contributed by atoms with Gasteiger partial charge in [0, 0.05) is 24.3 Å². The van der Waals surface area contributed by atoms with Gasteiger partial charge in [-0.25, -0.2) is 4.39 Å². The van der Waals surface area contributed by atoms with Gasteiger partial charge >= 0.3 is 0 Å². The van der Waals surface area contributed by atoms with E-state index in [4.69, 9.17) is 11.6 Å². The van der Waals surface area contributed by atoms with E-state index in [9.17, 15) is 4.39 Å². The molecule has 2 aromatic rings. The minimum absolute atomic E-state index is 0.145. The van der Waals surface area contributed by atoms with Crippen molar-refractivity contribution in [2.24, 2.45) is 0 Å². The van der Waals surface area contributed by atoms with Crippen LogP contribution in [0.5, 0.6) is 0 Å². The maximum atomic E-state index is 13.9. The highest BCUT2D eigenvalue weighted by atomic mass is 35.5. The number of benzene rings is 1. The second-order valence-corrected chi connectivity index (χ2v) is 5.14. The average Bonchev–Trinajstić information content (AvgIpc) is 2.80. The summed E-state index contributed by atoms with van der Waals surface area (Å²) in [6.07, 6.45) is 1.72. The van der Waals surface area contributed by atoms with Gasteiger partial charge in [-0.05, 0) is 12.1 Å². The Morgan fingerprint density at radius 1 is 1.37 bits per heavy atom. The van der Waals surface area contributed by atoms with E-state index < -0.39 is 0 Å². The molecule has 0 radical (unpaired) electrons. The molecule has 0 unspecified atom stereocenters. The molecule has 3 nitrogen and oxygen atoms in total. The maximum absolute atomic E-state index is 13.9. The first-order valence-electron chi connectivity index (χ1n) is 6.25. The van der Waals surface area contributed by atoms with Crippen LogP contribution >= 0.6 is 11.6 Å². The van der Waals surface area contributed by atoms with Crippen LogP contribution in [-0.4, -0.2) is 15.8 Å². The Balaban J connectivity index is 2.15. The van der Waals surface area contributed by atoms with Crippen LogP contribution in [0.15, 0.2) is 30.5 Å². The molecule has 2 rings (SSSR count). The fourth-order valence-corrected chi connectivity index (χ4v) is 1.99. The third-order valence-electron chi connectivity index (χ3n) is 2.85. The smallest absolute Gasteiger partial charge is 0.146 e. The number of halogens is 2. The molecule has 1 heterocycles. The molecule has 102 valence electrons. The molecule has 19 heavy (non-hydrogen) atoms. The molecular formula is C14H17ClFN3. The normalized spacial score (nSPS) is 11.2. The quantitative estimate of drug-likeness (QED) is 0.912. The monoisotopic (exact) mass is 281 g/mol. The van der Waals surface area contributed by atoms with E-state index in [0.29, 0.717) is 24.7 Å². The molecule has 0 saturated carbocycles. The van der Waals surface area contributed by atoms with E-state index >= 15 is 0 Å². The van der Waals surface area contributed by atoms with Crippen LogP contribution in [0, 0.1) is 5.82 Å². The predicted octanol–water partition coefficient (Wildman–Crippen LogP) is 3.22. The number of rotatable bonds is 5. The molecular weight excluding hydrogens is 265 g/mol. The molecule has 0 atom stereocenters. The van der Waals surface area contributed by atoms with Crippen LogP contribution in [0.3, 0.4) is 0 Å². The van der Waals surface area contributed by atoms with Crippen molar-refractivity contribution in [2.45, 2.75) is 33.0 Å². The van der Waals surface area contributed by atoms with E-state index in [-0.39, 0.29) is 10.8 Å². The van der Waals surface area contributed by atoms with Crippen molar-refractivity contribution in [1.82, 2.24) is 15.1 Å². The maximum Gasteiger partial charge on any atom is 0.146 e. The van der Waals surface area contributed by atoms with Gasteiger partial charge < -0.3 is 5.32 Å². The zero-order valence-electron chi connectivity index (χ0n) is 11.0. The van der Waals surface area contributed by atoms with Gasteiger partial charge in [0.25, 0.3) is 0 Å². The first-order valence-corrected chi connectivity index (χ1v) is 6.62. The Hall–Kier alpha value is -1.39. The molecule has 0 aliphatic rings. The first-order chi connectivity index (χ1) is 9.08. The average molecular weight is 282 g/mol. The fraction of sp³-hybridized carbons (Fsp3) is 0.357. The van der Waals surface area contributed by atoms with Gasteiger partial charge in [0.15, 0.2) is 0 Å². The number of hydrogen-bond donors (Lipinski definition) is 1. The van der Waals surface area contributed by atoms with E-state index in [0.717, 1.165) is 5.69 Å². The topological polar surface area (TPSA) is 29.9 Å². The Morgan fingerprint density at radius 3 is 2.89 bits per heavy atom. The zero-order valence-corrected chi connectivity index (χ0v) is 11.8. The first kappa shape index (κ1) is 14.0. The van der Waals surface area contributed by atoms with Crippen molar-refractivity contribution in [3.05, 3.63) is 52.6 Å². The molecule has 0 aliphatic carbocycles. The molecule has 0 aliphatic heterocycles. The number of hydrogen-bond acceptors (Lipinski definition) is 2. The van der Waals surface area contributed by atoms with Crippen molar-refractivity contribution in [2.75, 3.05) is 0 Å². The van der Waals surface area contributed by atoms with Crippen molar-refractivity contribution in [1.29, 1.82) is 0 Å². The van der Waals surface area contributed by atoms with Gasteiger partial charge in [-0.2, -0.15) is 5.10 Å². The summed E-state index contributed by atoms with van der Waals surface area (Å²) in [6.45, 7) is 5.25. The molecule has 1 aromatic heterocycles. The minimum atomic E-state index is -0.373. The van der Waals surface area contributed by atoms with Gasteiger partial charge in [-0.3, -0.25) is 4.68 Å². The van der Waals surface area contributed by atoms with Crippen molar-refractivity contribution in [3.8, 4) is 0 Å². The lowest BCUT2D eigenvalue weighted by Gasteiger charge is -2.11. The Morgan fingerprint density at radius 2 is 2.16 bits per heavy atom. The molecule has 1 aromatic carbocycles. The summed E-state index contributed by atoms with van der Waals surface area (Å²) in [4.78, 5) is 0. The second kappa shape index (κ2) is 6.17. The van der Waals surface area contributed by atoms with Gasteiger partial charge in [0.1, 0.15) is 5.82 Å². The zero-order chi connectivity index (χ0) is 13.8. The van der Waals surface area contributed by atoms with E-state index in [1.54, 1.807) is 29.1 Å². The summed E-state index contributed by atoms with van der Waals surface area (Å²) in [5, 5.41) is 7.69. The van der Waals surface area contributed by atoms with Crippen LogP contribution in [0.1, 0.15) is 25.1 Å². The molecule has 5 heteroatoms. The van der Waals surface area contributed by atoms with Crippen LogP contribution in [0.2, 0.25) is 5.02 Å². The van der Waals surface area contributed by atoms with Gasteiger partial charge in [-0.15, -0.1) is 0 Å². The summed E-state index contributed by atoms with van der Waals surface area (Å²) < 4.78 is 15.6. The lowest BCUT2D eigenvalue weighted by Crippen LogP contribution is -2.24. The number of nitrogens with one attached hydrogen (secondary N) is 1. The highest BCUT2D eigenvalue weighted by molar-refractivity contribution is 6.30. The number of nitrogens with zero attached hydrogens (tertiary/aromatic N) is 2. The van der Waals surface area contributed by atoms with E-state index in [2.05, 4.69) is 24.3 Å². The van der Waals surface area contributed by atoms with Gasteiger partial charge in [0.2, 0.25) is 0 Å². The lowest BCUT2D eigenvalue weighted by molar-refractivity contribution is 0.536. The summed E-state index contributed by atoms with van der Waals surface area (Å²) in [6, 6.07) is 7.34. The summed E-state index contributed by atoms with van der Waals surface area (Å²) >= 11 is 5.78. The fourth-order valence-electron chi connectivity index (χ4n) is 1.79. The van der Waals surface area contributed by atoms with Gasteiger partial charge in [0.05, 0.1) is 17.3 Å². The molecule has 0 fully saturated rings. The van der Waals surface area contributed by atoms with Gasteiger partial charge in [-0.1, -0.05) is 37.6 Å². The molecule has 0 saturated heterocycles. The summed E-state index contributed by atoms with van der Waals surface area (Å²) in [5.41, 5.74) is 1.56. The summed E-state index contributed by atoms with van der Waals surface area (Å²) in [7, 11) is 0. The molecule has 0 amide bonds. The highest BCUT2D eigenvalue weighted by Crippen LogP contribution is 2.19. The predicted molar refractivity (Wildman–Crippen MR) is 74.7 cm³/mol. The Labute approximate surface area is 117 Å². The summed E-state index contributed by atoms with van der Waals surface area (Å²) in [5.74, 6) is -0.373. The number of aromatic nitrogens is 2. The molecule has 1 N–H and O–H groups in total. The van der Waals surface area contributed by atoms with Crippen molar-refractivity contribution < 1.29 is 4.39 Å². The largest absolute Gasteiger partial charge is 0.309 e. The highest BCUT2D eigenvalue weighted by Gasteiger charge is 2.09. The van der Waals surface area contributed by atoms with Crippen LogP contribution in [0.4, 0.5) is 4.39 Å². The van der Waals surface area contributed by atoms with Crippen LogP contribution in [0.25, 0.3) is 0 Å². The van der Waals surface area contributed by atoms with Crippen LogP contribution < -0.4 is 5.32 Å². The Bertz CT molecular complexity index is 551. The van der Waals surface area contributed by atoms with Crippen molar-refractivity contribution in [3.63, 3.8) is 0 Å². The van der Waals surface area contributed by atoms with E-state index in [1.165, 1.54) is 0 Å². The third kappa shape index (κ3) is 3.55. The van der Waals surface area contributed by atoms with E-state index in [1.807, 2.05) is 6.07 Å². The minimum Gasteiger partial charge on any atom is -0.309 e. The second-order valence-electron chi connectivity index (χ2n) is 4.73. The lowest BCUT2D eigenvalue weighted by atomic mass is 10.2. The molecule has 0 spiro atoms. The SMILES string of the molecule is CC(C)NCc1ccnn1Cc1cccc(Cl)c1F. The standard InChI is InChI=1S/C14H17ClFN3/c1-10(2)17-8-12-6-7-18-19(12)9-11-4-3-5-13(15)14(11)16/h3-7,10,17H,8-9H2,1-2H3. The Kier molecular flexibility index (Phi) is 4.56. The molecule has 0 bridgehead atoms. The van der Waals surface area contributed by atoms with Crippen LogP contribution in [-0.2, 0) is 13.1 Å². The van der Waals surface area contributed by atoms with Crippen molar-refractivity contribution >= 4 is 11.6 Å². The third-order valence-corrected chi connectivity index (χ3v) is 3.14.